The first-order valence-corrected chi connectivity index (χ1v) is 3.12. The van der Waals surface area contributed by atoms with Gasteiger partial charge in [-0.2, -0.15) is 0 Å². The van der Waals surface area contributed by atoms with Gasteiger partial charge in [-0.25, -0.2) is 0 Å². The Hall–Kier alpha value is -0.0200. The van der Waals surface area contributed by atoms with Gasteiger partial charge in [0, 0.05) is 0 Å². The van der Waals surface area contributed by atoms with E-state index in [9.17, 15) is 4.79 Å². The molecule has 0 radical (unpaired) electrons. The lowest BCUT2D eigenvalue weighted by atomic mass is 10.7. The maximum Gasteiger partial charge on any atom is 0.204 e. The van der Waals surface area contributed by atoms with E-state index >= 15 is 0 Å². The molecule has 7 heavy (non-hydrogen) atoms. The number of carbonyl (C=O) groups excluding carboxylic acids is 1. The predicted molar refractivity (Wildman–Crippen MR) is 30.1 cm³/mol. The minimum atomic E-state index is 0.294. The molecule has 0 unspecified atom stereocenters. The number of rotatable bonds is 0. The summed E-state index contributed by atoms with van der Waals surface area (Å²) in [7, 11) is 1.94. The molecule has 1 aliphatic rings. The number of thioether (sulfide) groups is 1. The zero-order chi connectivity index (χ0) is 5.28. The third-order valence-electron chi connectivity index (χ3n) is 0.845. The van der Waals surface area contributed by atoms with Crippen LogP contribution in [0.4, 0.5) is 0 Å². The van der Waals surface area contributed by atoms with Crippen LogP contribution >= 0.6 is 11.8 Å². The van der Waals surface area contributed by atoms with Crippen molar-refractivity contribution in [2.24, 2.45) is 0 Å². The second-order valence-electron chi connectivity index (χ2n) is 1.66. The van der Waals surface area contributed by atoms with E-state index in [0.29, 0.717) is 11.7 Å². The average Bonchev–Trinajstić information content (AvgIpc) is 1.87. The van der Waals surface area contributed by atoms with Crippen LogP contribution in [0.5, 0.6) is 0 Å². The highest BCUT2D eigenvalue weighted by Crippen LogP contribution is 2.11. The van der Waals surface area contributed by atoms with Gasteiger partial charge in [0.1, 0.15) is 0 Å². The van der Waals surface area contributed by atoms with Crippen molar-refractivity contribution in [2.45, 2.75) is 0 Å². The zero-order valence-electron chi connectivity index (χ0n) is 4.18. The van der Waals surface area contributed by atoms with Crippen LogP contribution in [0, 0.1) is 0 Å². The van der Waals surface area contributed by atoms with Gasteiger partial charge < -0.3 is 0 Å². The van der Waals surface area contributed by atoms with Crippen LogP contribution in [0.3, 0.4) is 0 Å². The molecule has 0 spiro atoms. The molecule has 0 atom stereocenters. The molecule has 1 fully saturated rings. The van der Waals surface area contributed by atoms with Crippen LogP contribution in [-0.4, -0.2) is 29.5 Å². The van der Waals surface area contributed by atoms with Crippen molar-refractivity contribution in [3.63, 3.8) is 0 Å². The minimum absolute atomic E-state index is 0.294. The summed E-state index contributed by atoms with van der Waals surface area (Å²) in [5.41, 5.74) is 0. The molecule has 1 saturated heterocycles. The fourth-order valence-electron chi connectivity index (χ4n) is 0.494. The van der Waals surface area contributed by atoms with Crippen LogP contribution in [0.1, 0.15) is 0 Å². The standard InChI is InChI=1S/C4H7NOS/c1-5-2-4(6)7-3-5/h2-3H2,1H3. The van der Waals surface area contributed by atoms with E-state index in [1.165, 1.54) is 11.8 Å². The lowest BCUT2D eigenvalue weighted by molar-refractivity contribution is -0.110. The molecular weight excluding hydrogens is 110 g/mol. The molecule has 0 saturated carbocycles. The van der Waals surface area contributed by atoms with E-state index in [1.807, 2.05) is 11.9 Å². The summed E-state index contributed by atoms with van der Waals surface area (Å²) < 4.78 is 0. The highest BCUT2D eigenvalue weighted by Gasteiger charge is 2.14. The lowest BCUT2D eigenvalue weighted by Gasteiger charge is -1.98. The summed E-state index contributed by atoms with van der Waals surface area (Å²) in [4.78, 5) is 12.4. The first-order valence-electron chi connectivity index (χ1n) is 2.13. The monoisotopic (exact) mass is 117 g/mol. The highest BCUT2D eigenvalue weighted by molar-refractivity contribution is 8.14. The fourth-order valence-corrected chi connectivity index (χ4v) is 1.26. The SMILES string of the molecule is CN1CSC(=O)C1. The van der Waals surface area contributed by atoms with Gasteiger partial charge in [-0.15, -0.1) is 0 Å². The Kier molecular flexibility index (Phi) is 1.35. The van der Waals surface area contributed by atoms with Crippen molar-refractivity contribution in [3.05, 3.63) is 0 Å². The van der Waals surface area contributed by atoms with Crippen LogP contribution in [0.15, 0.2) is 0 Å². The summed E-state index contributed by atoms with van der Waals surface area (Å²) in [6.45, 7) is 0.630. The van der Waals surface area contributed by atoms with Crippen molar-refractivity contribution in [2.75, 3.05) is 19.5 Å². The van der Waals surface area contributed by atoms with E-state index in [1.54, 1.807) is 0 Å². The van der Waals surface area contributed by atoms with E-state index in [0.717, 1.165) is 5.88 Å². The van der Waals surface area contributed by atoms with Gasteiger partial charge in [0.2, 0.25) is 5.12 Å². The molecule has 0 amide bonds. The zero-order valence-corrected chi connectivity index (χ0v) is 4.99. The Morgan fingerprint density at radius 3 is 2.71 bits per heavy atom. The third-order valence-corrected chi connectivity index (χ3v) is 1.87. The molecule has 0 aliphatic carbocycles. The second kappa shape index (κ2) is 1.84. The molecule has 1 aliphatic heterocycles. The van der Waals surface area contributed by atoms with Crippen molar-refractivity contribution in [3.8, 4) is 0 Å². The Morgan fingerprint density at radius 2 is 2.57 bits per heavy atom. The Morgan fingerprint density at radius 1 is 1.86 bits per heavy atom. The summed E-state index contributed by atoms with van der Waals surface area (Å²) in [6, 6.07) is 0. The van der Waals surface area contributed by atoms with Gasteiger partial charge in [-0.1, -0.05) is 11.8 Å². The van der Waals surface area contributed by atoms with E-state index in [4.69, 9.17) is 0 Å². The van der Waals surface area contributed by atoms with E-state index in [2.05, 4.69) is 0 Å². The van der Waals surface area contributed by atoms with Crippen LogP contribution in [0.25, 0.3) is 0 Å². The van der Waals surface area contributed by atoms with Gasteiger partial charge in [0.15, 0.2) is 0 Å². The van der Waals surface area contributed by atoms with Crippen molar-refractivity contribution in [1.29, 1.82) is 0 Å². The van der Waals surface area contributed by atoms with Crippen molar-refractivity contribution < 1.29 is 4.79 Å². The molecular formula is C4H7NOS. The van der Waals surface area contributed by atoms with Gasteiger partial charge in [0.25, 0.3) is 0 Å². The first kappa shape index (κ1) is 5.12. The minimum Gasteiger partial charge on any atom is -0.289 e. The molecule has 0 aromatic heterocycles. The third kappa shape index (κ3) is 1.17. The topological polar surface area (TPSA) is 20.3 Å². The molecule has 40 valence electrons. The number of carbonyl (C=O) groups is 1. The normalized spacial score (nSPS) is 23.9. The molecule has 3 heteroatoms. The largest absolute Gasteiger partial charge is 0.289 e. The maximum absolute atomic E-state index is 10.4. The number of likely N-dealkylation sites (N-methyl/N-ethyl adjacent to an activating group) is 1. The lowest BCUT2D eigenvalue weighted by Crippen LogP contribution is -2.13. The number of hydrogen-bond acceptors (Lipinski definition) is 3. The molecule has 2 nitrogen and oxygen atoms in total. The Bertz CT molecular complexity index is 93.7. The molecule has 0 aromatic carbocycles. The maximum atomic E-state index is 10.4. The van der Waals surface area contributed by atoms with Crippen molar-refractivity contribution >= 4 is 16.9 Å². The second-order valence-corrected chi connectivity index (χ2v) is 2.66. The van der Waals surface area contributed by atoms with E-state index in [-0.39, 0.29) is 0 Å². The Labute approximate surface area is 46.9 Å². The van der Waals surface area contributed by atoms with Crippen LogP contribution in [-0.2, 0) is 4.79 Å². The quantitative estimate of drug-likeness (QED) is 0.450. The average molecular weight is 117 g/mol. The van der Waals surface area contributed by atoms with Gasteiger partial charge in [-0.05, 0) is 7.05 Å². The highest BCUT2D eigenvalue weighted by atomic mass is 32.2. The number of nitrogens with zero attached hydrogens (tertiary/aromatic N) is 1. The van der Waals surface area contributed by atoms with Crippen LogP contribution in [0.2, 0.25) is 0 Å². The van der Waals surface area contributed by atoms with E-state index < -0.39 is 0 Å². The summed E-state index contributed by atoms with van der Waals surface area (Å²) in [5, 5.41) is 0.294. The molecule has 0 bridgehead atoms. The van der Waals surface area contributed by atoms with Gasteiger partial charge >= 0.3 is 0 Å². The summed E-state index contributed by atoms with van der Waals surface area (Å²) in [5.74, 6) is 0.874. The predicted octanol–water partition coefficient (Wildman–Crippen LogP) is 0.149. The molecule has 0 aromatic rings. The smallest absolute Gasteiger partial charge is 0.204 e. The fraction of sp³-hybridized carbons (Fsp3) is 0.750. The first-order chi connectivity index (χ1) is 3.29. The summed E-state index contributed by atoms with van der Waals surface area (Å²) in [6.07, 6.45) is 0. The van der Waals surface area contributed by atoms with Crippen LogP contribution < -0.4 is 0 Å². The molecule has 0 N–H and O–H groups in total. The summed E-state index contributed by atoms with van der Waals surface area (Å²) >= 11 is 1.39. The van der Waals surface area contributed by atoms with Gasteiger partial charge in [0.05, 0.1) is 12.4 Å². The Balaban J connectivity index is 2.40. The van der Waals surface area contributed by atoms with Gasteiger partial charge in [-0.3, -0.25) is 9.69 Å². The molecule has 1 rings (SSSR count). The molecule has 1 heterocycles. The number of hydrogen-bond donors (Lipinski definition) is 0. The van der Waals surface area contributed by atoms with Crippen molar-refractivity contribution in [1.82, 2.24) is 4.90 Å².